The average molecular weight is 264 g/mol. The second-order valence-electron chi connectivity index (χ2n) is 5.62. The minimum absolute atomic E-state index is 0.0930. The first kappa shape index (κ1) is 14.5. The lowest BCUT2D eigenvalue weighted by atomic mass is 10.0. The summed E-state index contributed by atoms with van der Waals surface area (Å²) in [5.74, 6) is -0.0930. The lowest BCUT2D eigenvalue weighted by molar-refractivity contribution is 0.149. The number of halogens is 1. The number of hydrogen-bond donors (Lipinski definition) is 1. The summed E-state index contributed by atoms with van der Waals surface area (Å²) in [7, 11) is 0. The number of hydrogen-bond acceptors (Lipinski definition) is 2. The van der Waals surface area contributed by atoms with E-state index in [-0.39, 0.29) is 11.9 Å². The SMILES string of the molecule is CCCC1CN(C(C)c2ccc(C)c(F)c2)CCN1. The highest BCUT2D eigenvalue weighted by molar-refractivity contribution is 5.25. The van der Waals surface area contributed by atoms with E-state index in [0.717, 1.165) is 30.8 Å². The quantitative estimate of drug-likeness (QED) is 0.898. The van der Waals surface area contributed by atoms with Crippen LogP contribution in [0.4, 0.5) is 4.39 Å². The van der Waals surface area contributed by atoms with E-state index in [9.17, 15) is 4.39 Å². The molecule has 1 aromatic rings. The van der Waals surface area contributed by atoms with Gasteiger partial charge in [-0.1, -0.05) is 25.5 Å². The van der Waals surface area contributed by atoms with Crippen molar-refractivity contribution in [3.05, 3.63) is 35.1 Å². The largest absolute Gasteiger partial charge is 0.311 e. The number of rotatable bonds is 4. The van der Waals surface area contributed by atoms with Crippen molar-refractivity contribution >= 4 is 0 Å². The van der Waals surface area contributed by atoms with Crippen LogP contribution in [0, 0.1) is 12.7 Å². The highest BCUT2D eigenvalue weighted by atomic mass is 19.1. The summed E-state index contributed by atoms with van der Waals surface area (Å²) in [5.41, 5.74) is 1.81. The van der Waals surface area contributed by atoms with E-state index in [1.54, 1.807) is 6.07 Å². The molecule has 2 unspecified atom stereocenters. The number of nitrogens with one attached hydrogen (secondary N) is 1. The van der Waals surface area contributed by atoms with Crippen molar-refractivity contribution in [3.63, 3.8) is 0 Å². The van der Waals surface area contributed by atoms with Crippen molar-refractivity contribution in [3.8, 4) is 0 Å². The first-order valence-corrected chi connectivity index (χ1v) is 7.35. The summed E-state index contributed by atoms with van der Waals surface area (Å²) < 4.78 is 13.7. The molecule has 2 nitrogen and oxygen atoms in total. The van der Waals surface area contributed by atoms with Crippen LogP contribution in [0.2, 0.25) is 0 Å². The Labute approximate surface area is 116 Å². The maximum absolute atomic E-state index is 13.7. The van der Waals surface area contributed by atoms with Gasteiger partial charge in [-0.15, -0.1) is 0 Å². The molecule has 1 N–H and O–H groups in total. The van der Waals surface area contributed by atoms with Crippen LogP contribution in [-0.2, 0) is 0 Å². The molecule has 2 rings (SSSR count). The van der Waals surface area contributed by atoms with Gasteiger partial charge in [-0.2, -0.15) is 0 Å². The van der Waals surface area contributed by atoms with Gasteiger partial charge in [0.1, 0.15) is 5.82 Å². The fourth-order valence-corrected chi connectivity index (χ4v) is 2.82. The molecule has 0 aromatic heterocycles. The van der Waals surface area contributed by atoms with Gasteiger partial charge in [0.2, 0.25) is 0 Å². The molecule has 0 aliphatic carbocycles. The molecule has 1 heterocycles. The Hall–Kier alpha value is -0.930. The van der Waals surface area contributed by atoms with Crippen molar-refractivity contribution in [2.24, 2.45) is 0 Å². The number of piperazine rings is 1. The highest BCUT2D eigenvalue weighted by Gasteiger charge is 2.23. The zero-order valence-corrected chi connectivity index (χ0v) is 12.2. The fraction of sp³-hybridized carbons (Fsp3) is 0.625. The van der Waals surface area contributed by atoms with Gasteiger partial charge < -0.3 is 5.32 Å². The third-order valence-corrected chi connectivity index (χ3v) is 4.15. The molecular formula is C16H25FN2. The molecular weight excluding hydrogens is 239 g/mol. The Morgan fingerprint density at radius 1 is 1.47 bits per heavy atom. The van der Waals surface area contributed by atoms with Crippen molar-refractivity contribution in [2.45, 2.75) is 45.7 Å². The van der Waals surface area contributed by atoms with Gasteiger partial charge in [0, 0.05) is 31.7 Å². The molecule has 1 aromatic carbocycles. The fourth-order valence-electron chi connectivity index (χ4n) is 2.82. The smallest absolute Gasteiger partial charge is 0.126 e. The molecule has 2 atom stereocenters. The van der Waals surface area contributed by atoms with Crippen LogP contribution >= 0.6 is 0 Å². The van der Waals surface area contributed by atoms with Gasteiger partial charge in [0.25, 0.3) is 0 Å². The lowest BCUT2D eigenvalue weighted by Gasteiger charge is -2.37. The minimum Gasteiger partial charge on any atom is -0.311 e. The predicted molar refractivity (Wildman–Crippen MR) is 77.8 cm³/mol. The monoisotopic (exact) mass is 264 g/mol. The minimum atomic E-state index is -0.0930. The van der Waals surface area contributed by atoms with E-state index in [2.05, 4.69) is 30.1 Å². The van der Waals surface area contributed by atoms with E-state index < -0.39 is 0 Å². The van der Waals surface area contributed by atoms with Gasteiger partial charge in [-0.25, -0.2) is 4.39 Å². The Bertz CT molecular complexity index is 417. The van der Waals surface area contributed by atoms with Crippen LogP contribution in [0.5, 0.6) is 0 Å². The van der Waals surface area contributed by atoms with Crippen molar-refractivity contribution in [1.82, 2.24) is 10.2 Å². The highest BCUT2D eigenvalue weighted by Crippen LogP contribution is 2.23. The summed E-state index contributed by atoms with van der Waals surface area (Å²) in [6.07, 6.45) is 2.42. The van der Waals surface area contributed by atoms with Gasteiger partial charge >= 0.3 is 0 Å². The van der Waals surface area contributed by atoms with E-state index in [1.807, 2.05) is 13.0 Å². The van der Waals surface area contributed by atoms with Gasteiger partial charge in [0.05, 0.1) is 0 Å². The maximum Gasteiger partial charge on any atom is 0.126 e. The van der Waals surface area contributed by atoms with Gasteiger partial charge in [-0.05, 0) is 37.5 Å². The third-order valence-electron chi connectivity index (χ3n) is 4.15. The van der Waals surface area contributed by atoms with E-state index in [0.29, 0.717) is 6.04 Å². The van der Waals surface area contributed by atoms with E-state index >= 15 is 0 Å². The molecule has 1 saturated heterocycles. The second-order valence-corrected chi connectivity index (χ2v) is 5.62. The van der Waals surface area contributed by atoms with Gasteiger partial charge in [0.15, 0.2) is 0 Å². The first-order valence-electron chi connectivity index (χ1n) is 7.35. The zero-order chi connectivity index (χ0) is 13.8. The molecule has 106 valence electrons. The first-order chi connectivity index (χ1) is 9.11. The molecule has 0 bridgehead atoms. The molecule has 19 heavy (non-hydrogen) atoms. The lowest BCUT2D eigenvalue weighted by Crippen LogP contribution is -2.51. The summed E-state index contributed by atoms with van der Waals surface area (Å²) in [4.78, 5) is 2.46. The van der Waals surface area contributed by atoms with Crippen LogP contribution in [-0.4, -0.2) is 30.6 Å². The van der Waals surface area contributed by atoms with Crippen molar-refractivity contribution in [1.29, 1.82) is 0 Å². The summed E-state index contributed by atoms with van der Waals surface area (Å²) >= 11 is 0. The average Bonchev–Trinajstić information content (AvgIpc) is 2.42. The Kier molecular flexibility index (Phi) is 4.94. The Morgan fingerprint density at radius 3 is 2.95 bits per heavy atom. The Balaban J connectivity index is 2.05. The molecule has 0 radical (unpaired) electrons. The molecule has 1 aliphatic heterocycles. The standard InChI is InChI=1S/C16H25FN2/c1-4-5-15-11-19(9-8-18-15)13(3)14-7-6-12(2)16(17)10-14/h6-7,10,13,15,18H,4-5,8-9,11H2,1-3H3. The topological polar surface area (TPSA) is 15.3 Å². The number of aryl methyl sites for hydroxylation is 1. The zero-order valence-electron chi connectivity index (χ0n) is 12.2. The van der Waals surface area contributed by atoms with Crippen LogP contribution in [0.1, 0.15) is 43.9 Å². The molecule has 1 aliphatic rings. The van der Waals surface area contributed by atoms with Crippen LogP contribution in [0.15, 0.2) is 18.2 Å². The van der Waals surface area contributed by atoms with Crippen molar-refractivity contribution in [2.75, 3.05) is 19.6 Å². The Morgan fingerprint density at radius 2 is 2.26 bits per heavy atom. The summed E-state index contributed by atoms with van der Waals surface area (Å²) in [5, 5.41) is 3.56. The predicted octanol–water partition coefficient (Wildman–Crippen LogP) is 3.27. The molecule has 3 heteroatoms. The molecule has 0 saturated carbocycles. The number of benzene rings is 1. The van der Waals surface area contributed by atoms with Gasteiger partial charge in [-0.3, -0.25) is 4.90 Å². The van der Waals surface area contributed by atoms with Crippen molar-refractivity contribution < 1.29 is 4.39 Å². The van der Waals surface area contributed by atoms with E-state index in [4.69, 9.17) is 0 Å². The van der Waals surface area contributed by atoms with Crippen LogP contribution < -0.4 is 5.32 Å². The van der Waals surface area contributed by atoms with E-state index in [1.165, 1.54) is 12.8 Å². The molecule has 0 amide bonds. The summed E-state index contributed by atoms with van der Waals surface area (Å²) in [6, 6.07) is 6.50. The van der Waals surface area contributed by atoms with Crippen LogP contribution in [0.3, 0.4) is 0 Å². The second kappa shape index (κ2) is 6.49. The third kappa shape index (κ3) is 3.54. The van der Waals surface area contributed by atoms with Crippen LogP contribution in [0.25, 0.3) is 0 Å². The molecule has 1 fully saturated rings. The number of nitrogens with zero attached hydrogens (tertiary/aromatic N) is 1. The maximum atomic E-state index is 13.7. The summed E-state index contributed by atoms with van der Waals surface area (Å²) in [6.45, 7) is 9.34. The molecule has 0 spiro atoms. The normalized spacial score (nSPS) is 22.4.